The predicted octanol–water partition coefficient (Wildman–Crippen LogP) is -0.828. The van der Waals surface area contributed by atoms with Crippen LogP contribution in [0.5, 0.6) is 5.75 Å². The van der Waals surface area contributed by atoms with Crippen LogP contribution in [-0.2, 0) is 9.59 Å². The van der Waals surface area contributed by atoms with E-state index in [1.165, 1.54) is 0 Å². The summed E-state index contributed by atoms with van der Waals surface area (Å²) in [6, 6.07) is 8.89. The summed E-state index contributed by atoms with van der Waals surface area (Å²) in [7, 11) is 0. The van der Waals surface area contributed by atoms with Gasteiger partial charge in [0.25, 0.3) is 11.8 Å². The molecule has 1 rings (SSSR count). The fourth-order valence-corrected chi connectivity index (χ4v) is 0.892. The molecule has 0 saturated heterocycles. The van der Waals surface area contributed by atoms with Gasteiger partial charge in [0.1, 0.15) is 5.75 Å². The first-order chi connectivity index (χ1) is 7.72. The maximum absolute atomic E-state index is 11.1. The van der Waals surface area contributed by atoms with Crippen molar-refractivity contribution >= 4 is 11.8 Å². The lowest BCUT2D eigenvalue weighted by molar-refractivity contribution is -0.129. The van der Waals surface area contributed by atoms with Crippen LogP contribution in [0.4, 0.5) is 0 Å². The van der Waals surface area contributed by atoms with Crippen LogP contribution >= 0.6 is 0 Å². The predicted molar refractivity (Wildman–Crippen MR) is 57.3 cm³/mol. The summed E-state index contributed by atoms with van der Waals surface area (Å²) in [6.45, 7) is -0.352. The molecule has 1 aromatic rings. The molecule has 0 spiro atoms. The monoisotopic (exact) mass is 223 g/mol. The molecular weight excluding hydrogens is 210 g/mol. The first-order valence-electron chi connectivity index (χ1n) is 4.68. The summed E-state index contributed by atoms with van der Waals surface area (Å²) in [5, 5.41) is 0. The number of para-hydroxylation sites is 1. The van der Waals surface area contributed by atoms with Gasteiger partial charge in [-0.2, -0.15) is 0 Å². The third kappa shape index (κ3) is 4.43. The Morgan fingerprint density at radius 1 is 1.12 bits per heavy atom. The Hall–Kier alpha value is -2.08. The summed E-state index contributed by atoms with van der Waals surface area (Å²) in [4.78, 5) is 21.8. The second kappa shape index (κ2) is 6.41. The van der Waals surface area contributed by atoms with Gasteiger partial charge in [0.15, 0.2) is 6.61 Å². The number of hydrogen-bond acceptors (Lipinski definition) is 4. The molecular formula is C10H13N3O3. The molecule has 16 heavy (non-hydrogen) atoms. The van der Waals surface area contributed by atoms with Crippen LogP contribution in [0.2, 0.25) is 0 Å². The van der Waals surface area contributed by atoms with Crippen molar-refractivity contribution in [2.75, 3.05) is 13.2 Å². The van der Waals surface area contributed by atoms with Crippen molar-refractivity contribution in [3.63, 3.8) is 0 Å². The molecule has 0 heterocycles. The number of hydrogen-bond donors (Lipinski definition) is 3. The van der Waals surface area contributed by atoms with Crippen molar-refractivity contribution in [2.24, 2.45) is 5.73 Å². The molecule has 0 aliphatic heterocycles. The molecule has 0 aromatic heterocycles. The fourth-order valence-electron chi connectivity index (χ4n) is 0.892. The zero-order chi connectivity index (χ0) is 11.8. The molecule has 2 amide bonds. The van der Waals surface area contributed by atoms with Gasteiger partial charge >= 0.3 is 0 Å². The number of rotatable bonds is 4. The second-order valence-corrected chi connectivity index (χ2v) is 2.90. The van der Waals surface area contributed by atoms with E-state index in [1.54, 1.807) is 24.3 Å². The van der Waals surface area contributed by atoms with Crippen LogP contribution in [0.3, 0.4) is 0 Å². The van der Waals surface area contributed by atoms with Crippen LogP contribution in [-0.4, -0.2) is 25.0 Å². The summed E-state index contributed by atoms with van der Waals surface area (Å²) in [6.07, 6.45) is 0. The van der Waals surface area contributed by atoms with Crippen LogP contribution in [0, 0.1) is 0 Å². The maximum atomic E-state index is 11.1. The quantitative estimate of drug-likeness (QED) is 0.581. The van der Waals surface area contributed by atoms with Gasteiger partial charge in [0.2, 0.25) is 0 Å². The van der Waals surface area contributed by atoms with E-state index >= 15 is 0 Å². The number of ether oxygens (including phenoxy) is 1. The number of benzene rings is 1. The Kier molecular flexibility index (Phi) is 4.81. The average molecular weight is 223 g/mol. The SMILES string of the molecule is NCC(=O)NNC(=O)COc1ccccc1. The Bertz CT molecular complexity index is 354. The van der Waals surface area contributed by atoms with Gasteiger partial charge in [-0.3, -0.25) is 20.4 Å². The van der Waals surface area contributed by atoms with Crippen molar-refractivity contribution in [3.05, 3.63) is 30.3 Å². The van der Waals surface area contributed by atoms with Crippen molar-refractivity contribution < 1.29 is 14.3 Å². The Labute approximate surface area is 92.7 Å². The van der Waals surface area contributed by atoms with E-state index in [9.17, 15) is 9.59 Å². The third-order valence-electron chi connectivity index (χ3n) is 1.64. The second-order valence-electron chi connectivity index (χ2n) is 2.90. The van der Waals surface area contributed by atoms with E-state index in [2.05, 4.69) is 10.9 Å². The molecule has 0 aliphatic carbocycles. The highest BCUT2D eigenvalue weighted by atomic mass is 16.5. The molecule has 4 N–H and O–H groups in total. The Morgan fingerprint density at radius 2 is 1.75 bits per heavy atom. The molecule has 0 radical (unpaired) electrons. The van der Waals surface area contributed by atoms with Crippen LogP contribution < -0.4 is 21.3 Å². The van der Waals surface area contributed by atoms with Crippen molar-refractivity contribution in [3.8, 4) is 5.75 Å². The number of carbonyl (C=O) groups excluding carboxylic acids is 2. The van der Waals surface area contributed by atoms with E-state index in [0.717, 1.165) is 0 Å². The van der Waals surface area contributed by atoms with Crippen LogP contribution in [0.1, 0.15) is 0 Å². The Morgan fingerprint density at radius 3 is 2.38 bits per heavy atom. The molecule has 0 atom stereocenters. The largest absolute Gasteiger partial charge is 0.484 e. The number of nitrogens with one attached hydrogen (secondary N) is 2. The van der Waals surface area contributed by atoms with Gasteiger partial charge in [-0.15, -0.1) is 0 Å². The summed E-state index contributed by atoms with van der Waals surface area (Å²) in [5.74, 6) is -0.332. The van der Waals surface area contributed by atoms with E-state index in [-0.39, 0.29) is 13.2 Å². The maximum Gasteiger partial charge on any atom is 0.276 e. The smallest absolute Gasteiger partial charge is 0.276 e. The highest BCUT2D eigenvalue weighted by Gasteiger charge is 2.03. The Balaban J connectivity index is 2.23. The lowest BCUT2D eigenvalue weighted by Crippen LogP contribution is -2.46. The highest BCUT2D eigenvalue weighted by molar-refractivity contribution is 5.83. The highest BCUT2D eigenvalue weighted by Crippen LogP contribution is 2.07. The first-order valence-corrected chi connectivity index (χ1v) is 4.68. The molecule has 86 valence electrons. The average Bonchev–Trinajstić information content (AvgIpc) is 2.34. The van der Waals surface area contributed by atoms with E-state index in [0.29, 0.717) is 5.75 Å². The number of hydrazine groups is 1. The van der Waals surface area contributed by atoms with Crippen molar-refractivity contribution in [1.82, 2.24) is 10.9 Å². The zero-order valence-electron chi connectivity index (χ0n) is 8.60. The summed E-state index contributed by atoms with van der Waals surface area (Å²) < 4.78 is 5.14. The molecule has 6 nitrogen and oxygen atoms in total. The number of nitrogens with two attached hydrogens (primary N) is 1. The molecule has 6 heteroatoms. The summed E-state index contributed by atoms with van der Waals surface area (Å²) >= 11 is 0. The van der Waals surface area contributed by atoms with Crippen molar-refractivity contribution in [2.45, 2.75) is 0 Å². The molecule has 1 aromatic carbocycles. The van der Waals surface area contributed by atoms with E-state index in [1.807, 2.05) is 6.07 Å². The minimum atomic E-state index is -0.465. The molecule has 0 aliphatic rings. The van der Waals surface area contributed by atoms with Gasteiger partial charge in [0.05, 0.1) is 6.54 Å². The van der Waals surface area contributed by atoms with Crippen molar-refractivity contribution in [1.29, 1.82) is 0 Å². The van der Waals surface area contributed by atoms with Gasteiger partial charge in [-0.1, -0.05) is 18.2 Å². The minimum absolute atomic E-state index is 0.172. The van der Waals surface area contributed by atoms with Gasteiger partial charge in [-0.25, -0.2) is 0 Å². The normalized spacial score (nSPS) is 9.31. The molecule has 0 fully saturated rings. The first kappa shape index (κ1) is 12.0. The molecule has 0 saturated carbocycles. The number of carbonyl (C=O) groups is 2. The van der Waals surface area contributed by atoms with E-state index in [4.69, 9.17) is 10.5 Å². The minimum Gasteiger partial charge on any atom is -0.484 e. The molecule has 0 bridgehead atoms. The third-order valence-corrected chi connectivity index (χ3v) is 1.64. The lowest BCUT2D eigenvalue weighted by atomic mass is 10.3. The van der Waals surface area contributed by atoms with Crippen LogP contribution in [0.15, 0.2) is 30.3 Å². The van der Waals surface area contributed by atoms with Gasteiger partial charge < -0.3 is 10.5 Å². The lowest BCUT2D eigenvalue weighted by Gasteiger charge is -2.07. The standard InChI is InChI=1S/C10H13N3O3/c11-6-9(14)12-13-10(15)7-16-8-4-2-1-3-5-8/h1-5H,6-7,11H2,(H,12,14)(H,13,15). The van der Waals surface area contributed by atoms with Gasteiger partial charge in [-0.05, 0) is 12.1 Å². The number of amides is 2. The summed E-state index contributed by atoms with van der Waals surface area (Å²) in [5.41, 5.74) is 9.31. The van der Waals surface area contributed by atoms with E-state index < -0.39 is 11.8 Å². The molecule has 0 unspecified atom stereocenters. The zero-order valence-corrected chi connectivity index (χ0v) is 8.60. The van der Waals surface area contributed by atoms with Crippen LogP contribution in [0.25, 0.3) is 0 Å². The topological polar surface area (TPSA) is 93.5 Å². The van der Waals surface area contributed by atoms with Gasteiger partial charge in [0, 0.05) is 0 Å². The fraction of sp³-hybridized carbons (Fsp3) is 0.200.